The van der Waals surface area contributed by atoms with Crippen LogP contribution in [-0.2, 0) is 11.3 Å². The number of fused-ring (bicyclic) bond motifs is 2. The number of halogens is 2. The summed E-state index contributed by atoms with van der Waals surface area (Å²) in [4.78, 5) is 27.5. The van der Waals surface area contributed by atoms with Crippen LogP contribution in [-0.4, -0.2) is 38.7 Å². The van der Waals surface area contributed by atoms with Crippen molar-refractivity contribution in [2.45, 2.75) is 19.8 Å². The number of aromatic amines is 1. The quantitative estimate of drug-likeness (QED) is 0.467. The number of amides is 1. The average molecular weight is 478 g/mol. The maximum atomic E-state index is 13.4. The number of rotatable bonds is 5. The van der Waals surface area contributed by atoms with Crippen LogP contribution in [0.25, 0.3) is 22.2 Å². The fourth-order valence-corrected chi connectivity index (χ4v) is 3.85. The maximum Gasteiger partial charge on any atom is 0.586 e. The van der Waals surface area contributed by atoms with Gasteiger partial charge in [0.15, 0.2) is 11.5 Å². The number of nitrogens with one attached hydrogen (secondary N) is 1. The van der Waals surface area contributed by atoms with Gasteiger partial charge in [-0.2, -0.15) is 15.5 Å². The summed E-state index contributed by atoms with van der Waals surface area (Å²) >= 11 is 0. The van der Waals surface area contributed by atoms with Crippen molar-refractivity contribution in [3.05, 3.63) is 64.6 Å². The molecule has 1 amide bonds. The summed E-state index contributed by atoms with van der Waals surface area (Å²) in [6.07, 6.45) is -2.44. The van der Waals surface area contributed by atoms with Crippen molar-refractivity contribution in [2.24, 2.45) is 0 Å². The van der Waals surface area contributed by atoms with Gasteiger partial charge in [-0.25, -0.2) is 4.68 Å². The zero-order valence-corrected chi connectivity index (χ0v) is 18.2. The predicted molar refractivity (Wildman–Crippen MR) is 119 cm³/mol. The van der Waals surface area contributed by atoms with Crippen LogP contribution in [0, 0.1) is 11.3 Å². The summed E-state index contributed by atoms with van der Waals surface area (Å²) in [7, 11) is 0. The van der Waals surface area contributed by atoms with Crippen molar-refractivity contribution >= 4 is 22.5 Å². The lowest BCUT2D eigenvalue weighted by Gasteiger charge is -2.21. The zero-order valence-electron chi connectivity index (χ0n) is 18.2. The highest BCUT2D eigenvalue weighted by Gasteiger charge is 2.43. The molecular formula is C23H16F2N6O4. The van der Waals surface area contributed by atoms with E-state index >= 15 is 0 Å². The lowest BCUT2D eigenvalue weighted by Crippen LogP contribution is -2.37. The molecular weight excluding hydrogens is 462 g/mol. The highest BCUT2D eigenvalue weighted by atomic mass is 19.3. The first kappa shape index (κ1) is 22.0. The first-order chi connectivity index (χ1) is 16.8. The number of carbonyl (C=O) groups excluding carboxylic acids is 1. The molecule has 1 N–H and O–H groups in total. The molecule has 0 radical (unpaired) electrons. The van der Waals surface area contributed by atoms with Crippen molar-refractivity contribution in [3.8, 4) is 28.8 Å². The summed E-state index contributed by atoms with van der Waals surface area (Å²) in [6, 6.07) is 12.7. The molecule has 176 valence electrons. The first-order valence-corrected chi connectivity index (χ1v) is 10.4. The Hall–Kier alpha value is -4.79. The van der Waals surface area contributed by atoms with Gasteiger partial charge in [0.25, 0.3) is 5.56 Å². The summed E-state index contributed by atoms with van der Waals surface area (Å²) in [6.45, 7) is 1.46. The number of likely N-dealkylation sites (N-methyl/N-ethyl adjacent to an activating group) is 1. The van der Waals surface area contributed by atoms with Gasteiger partial charge in [0.1, 0.15) is 12.2 Å². The predicted octanol–water partition coefficient (Wildman–Crippen LogP) is 3.03. The number of H-pyrrole nitrogens is 1. The van der Waals surface area contributed by atoms with Gasteiger partial charge in [0.2, 0.25) is 5.91 Å². The first-order valence-electron chi connectivity index (χ1n) is 10.4. The second kappa shape index (κ2) is 8.21. The Kier molecular flexibility index (Phi) is 5.17. The zero-order chi connectivity index (χ0) is 24.7. The number of alkyl halides is 2. The van der Waals surface area contributed by atoms with Gasteiger partial charge < -0.3 is 14.4 Å². The second-order valence-corrected chi connectivity index (χ2v) is 7.60. The van der Waals surface area contributed by atoms with Crippen LogP contribution in [0.2, 0.25) is 0 Å². The van der Waals surface area contributed by atoms with Crippen LogP contribution in [0.15, 0.2) is 53.5 Å². The number of anilines is 1. The third-order valence-corrected chi connectivity index (χ3v) is 5.43. The number of benzene rings is 2. The minimum absolute atomic E-state index is 0.144. The highest BCUT2D eigenvalue weighted by molar-refractivity contribution is 5.94. The Labute approximate surface area is 195 Å². The van der Waals surface area contributed by atoms with Crippen molar-refractivity contribution in [2.75, 3.05) is 11.4 Å². The Bertz CT molecular complexity index is 1570. The topological polar surface area (TPSA) is 126 Å². The highest BCUT2D eigenvalue weighted by Crippen LogP contribution is 2.42. The van der Waals surface area contributed by atoms with Gasteiger partial charge in [-0.3, -0.25) is 14.7 Å². The molecule has 10 nitrogen and oxygen atoms in total. The second-order valence-electron chi connectivity index (χ2n) is 7.60. The molecule has 5 rings (SSSR count). The van der Waals surface area contributed by atoms with Gasteiger partial charge in [-0.15, -0.1) is 8.78 Å². The van der Waals surface area contributed by atoms with Crippen LogP contribution in [0.5, 0.6) is 11.5 Å². The fourth-order valence-electron chi connectivity index (χ4n) is 3.85. The third kappa shape index (κ3) is 3.93. The summed E-state index contributed by atoms with van der Waals surface area (Å²) < 4.78 is 36.6. The molecule has 35 heavy (non-hydrogen) atoms. The Morgan fingerprint density at radius 2 is 2.03 bits per heavy atom. The van der Waals surface area contributed by atoms with Crippen molar-refractivity contribution in [1.82, 2.24) is 20.0 Å². The van der Waals surface area contributed by atoms with Crippen molar-refractivity contribution < 1.29 is 23.0 Å². The van der Waals surface area contributed by atoms with Crippen LogP contribution >= 0.6 is 0 Å². The minimum atomic E-state index is -3.78. The largest absolute Gasteiger partial charge is 0.586 e. The van der Waals surface area contributed by atoms with E-state index in [1.165, 1.54) is 29.3 Å². The smallest absolute Gasteiger partial charge is 0.395 e. The molecule has 0 saturated carbocycles. The van der Waals surface area contributed by atoms with Gasteiger partial charge in [-0.05, 0) is 31.2 Å². The van der Waals surface area contributed by atoms with Crippen LogP contribution in [0.1, 0.15) is 12.5 Å². The van der Waals surface area contributed by atoms with Crippen molar-refractivity contribution in [1.29, 1.82) is 5.26 Å². The fraction of sp³-hybridized carbons (Fsp3) is 0.174. The SMILES string of the molecule is CCN(C(=O)Cn1nc(-c2cccc(C#N)c2)c2[nH]ncc2c1=O)c1ccc2c(c1)OC(F)(F)O2. The lowest BCUT2D eigenvalue weighted by molar-refractivity contribution is -0.286. The van der Waals surface area contributed by atoms with Crippen LogP contribution < -0.4 is 19.9 Å². The van der Waals surface area contributed by atoms with Gasteiger partial charge in [0.05, 0.1) is 28.7 Å². The minimum Gasteiger partial charge on any atom is -0.395 e. The number of hydrogen-bond acceptors (Lipinski definition) is 7. The van der Waals surface area contributed by atoms with Gasteiger partial charge in [0, 0.05) is 23.9 Å². The van der Waals surface area contributed by atoms with Crippen LogP contribution in [0.4, 0.5) is 14.5 Å². The van der Waals surface area contributed by atoms with E-state index in [-0.39, 0.29) is 29.1 Å². The monoisotopic (exact) mass is 478 g/mol. The number of hydrogen-bond donors (Lipinski definition) is 1. The van der Waals surface area contributed by atoms with E-state index in [4.69, 9.17) is 0 Å². The molecule has 2 aromatic carbocycles. The Morgan fingerprint density at radius 1 is 1.23 bits per heavy atom. The molecule has 0 saturated heterocycles. The van der Waals surface area contributed by atoms with E-state index in [0.29, 0.717) is 22.3 Å². The van der Waals surface area contributed by atoms with E-state index in [1.807, 2.05) is 0 Å². The number of aromatic nitrogens is 4. The molecule has 3 heterocycles. The van der Waals surface area contributed by atoms with E-state index in [1.54, 1.807) is 31.2 Å². The molecule has 0 atom stereocenters. The normalized spacial score (nSPS) is 13.5. The molecule has 1 aliphatic rings. The number of carbonyl (C=O) groups is 1. The molecule has 4 aromatic rings. The Balaban J connectivity index is 1.51. The van der Waals surface area contributed by atoms with E-state index < -0.39 is 24.3 Å². The van der Waals surface area contributed by atoms with E-state index in [2.05, 4.69) is 30.8 Å². The number of ether oxygens (including phenoxy) is 2. The summed E-state index contributed by atoms with van der Waals surface area (Å²) in [5.41, 5.74) is 1.42. The molecule has 0 unspecified atom stereocenters. The van der Waals surface area contributed by atoms with E-state index in [9.17, 15) is 23.6 Å². The van der Waals surface area contributed by atoms with Crippen LogP contribution in [0.3, 0.4) is 0 Å². The molecule has 0 fully saturated rings. The number of nitriles is 1. The number of nitrogens with zero attached hydrogens (tertiary/aromatic N) is 5. The maximum absolute atomic E-state index is 13.4. The average Bonchev–Trinajstić information content (AvgIpc) is 3.44. The molecule has 0 aliphatic carbocycles. The molecule has 0 spiro atoms. The third-order valence-electron chi connectivity index (χ3n) is 5.43. The van der Waals surface area contributed by atoms with Crippen molar-refractivity contribution in [3.63, 3.8) is 0 Å². The summed E-state index contributed by atoms with van der Waals surface area (Å²) in [5.74, 6) is -0.851. The van der Waals surface area contributed by atoms with Gasteiger partial charge >= 0.3 is 6.29 Å². The Morgan fingerprint density at radius 3 is 2.80 bits per heavy atom. The standard InChI is InChI=1S/C23H16F2N6O4/c1-2-30(15-6-7-17-18(9-15)35-23(24,25)34-17)19(32)12-31-22(33)16-11-27-28-21(16)20(29-31)14-5-3-4-13(8-14)10-26/h3-9,11H,2,12H2,1H3,(H,27,28). The van der Waals surface area contributed by atoms with Gasteiger partial charge in [-0.1, -0.05) is 12.1 Å². The van der Waals surface area contributed by atoms with E-state index in [0.717, 1.165) is 4.68 Å². The lowest BCUT2D eigenvalue weighted by atomic mass is 10.1. The molecule has 1 aliphatic heterocycles. The molecule has 12 heteroatoms. The molecule has 0 bridgehead atoms. The molecule has 2 aromatic heterocycles. The summed E-state index contributed by atoms with van der Waals surface area (Å²) in [5, 5.41) is 20.5.